The van der Waals surface area contributed by atoms with Crippen molar-refractivity contribution >= 4 is 0 Å². The Balaban J connectivity index is 1.97. The van der Waals surface area contributed by atoms with Gasteiger partial charge in [0.1, 0.15) is 0 Å². The first-order valence-electron chi connectivity index (χ1n) is 6.17. The van der Waals surface area contributed by atoms with Gasteiger partial charge in [-0.2, -0.15) is 0 Å². The maximum Gasteiger partial charge on any atom is 0.00529 e. The first-order chi connectivity index (χ1) is 6.72. The van der Waals surface area contributed by atoms with Crippen LogP contribution in [0.4, 0.5) is 0 Å². The van der Waals surface area contributed by atoms with Crippen LogP contribution in [0, 0.1) is 5.41 Å². The van der Waals surface area contributed by atoms with Crippen molar-refractivity contribution in [1.82, 2.24) is 10.2 Å². The molecule has 2 saturated heterocycles. The van der Waals surface area contributed by atoms with Crippen molar-refractivity contribution in [1.29, 1.82) is 0 Å². The molecule has 1 atom stereocenters. The van der Waals surface area contributed by atoms with E-state index in [4.69, 9.17) is 0 Å². The summed E-state index contributed by atoms with van der Waals surface area (Å²) in [4.78, 5) is 2.66. The SMILES string of the molecule is CC(C)N1CCCC2(CCCNC2)C1. The topological polar surface area (TPSA) is 15.3 Å². The summed E-state index contributed by atoms with van der Waals surface area (Å²) in [6.07, 6.45) is 5.68. The molecule has 1 N–H and O–H groups in total. The highest BCUT2D eigenvalue weighted by molar-refractivity contribution is 4.92. The molecular formula is C12H24N2. The van der Waals surface area contributed by atoms with Crippen molar-refractivity contribution in [2.75, 3.05) is 26.2 Å². The van der Waals surface area contributed by atoms with Gasteiger partial charge in [-0.25, -0.2) is 0 Å². The van der Waals surface area contributed by atoms with Crippen LogP contribution in [0.2, 0.25) is 0 Å². The van der Waals surface area contributed by atoms with E-state index in [0.717, 1.165) is 6.04 Å². The number of hydrogen-bond acceptors (Lipinski definition) is 2. The molecule has 0 radical (unpaired) electrons. The average Bonchev–Trinajstić information content (AvgIpc) is 2.19. The molecule has 1 unspecified atom stereocenters. The molecule has 0 aromatic carbocycles. The number of piperidine rings is 2. The van der Waals surface area contributed by atoms with Gasteiger partial charge in [0.25, 0.3) is 0 Å². The highest BCUT2D eigenvalue weighted by Gasteiger charge is 2.36. The summed E-state index contributed by atoms with van der Waals surface area (Å²) in [5.74, 6) is 0. The van der Waals surface area contributed by atoms with E-state index in [1.165, 1.54) is 51.9 Å². The van der Waals surface area contributed by atoms with E-state index in [0.29, 0.717) is 5.41 Å². The summed E-state index contributed by atoms with van der Waals surface area (Å²) in [5.41, 5.74) is 0.626. The molecule has 2 nitrogen and oxygen atoms in total. The van der Waals surface area contributed by atoms with Gasteiger partial charge in [0.2, 0.25) is 0 Å². The lowest BCUT2D eigenvalue weighted by Gasteiger charge is -2.46. The standard InChI is InChI=1S/C12H24N2/c1-11(2)14-8-4-6-12(10-14)5-3-7-13-9-12/h11,13H,3-10H2,1-2H3. The smallest absolute Gasteiger partial charge is 0.00529 e. The minimum absolute atomic E-state index is 0.626. The van der Waals surface area contributed by atoms with Crippen molar-refractivity contribution in [2.24, 2.45) is 5.41 Å². The average molecular weight is 196 g/mol. The van der Waals surface area contributed by atoms with E-state index in [1.54, 1.807) is 0 Å². The largest absolute Gasteiger partial charge is 0.316 e. The molecule has 0 bridgehead atoms. The van der Waals surface area contributed by atoms with Gasteiger partial charge in [0, 0.05) is 19.1 Å². The minimum atomic E-state index is 0.626. The van der Waals surface area contributed by atoms with E-state index < -0.39 is 0 Å². The van der Waals surface area contributed by atoms with Crippen molar-refractivity contribution in [3.63, 3.8) is 0 Å². The van der Waals surface area contributed by atoms with Crippen molar-refractivity contribution in [3.05, 3.63) is 0 Å². The van der Waals surface area contributed by atoms with Gasteiger partial charge in [0.05, 0.1) is 0 Å². The Morgan fingerprint density at radius 2 is 2.00 bits per heavy atom. The molecule has 0 aromatic heterocycles. The van der Waals surface area contributed by atoms with Crippen LogP contribution in [-0.2, 0) is 0 Å². The van der Waals surface area contributed by atoms with Crippen molar-refractivity contribution in [2.45, 2.75) is 45.6 Å². The molecule has 2 fully saturated rings. The first-order valence-corrected chi connectivity index (χ1v) is 6.17. The summed E-state index contributed by atoms with van der Waals surface area (Å²) in [5, 5.41) is 3.58. The normalized spacial score (nSPS) is 35.4. The number of nitrogens with one attached hydrogen (secondary N) is 1. The maximum absolute atomic E-state index is 3.58. The van der Waals surface area contributed by atoms with Gasteiger partial charge >= 0.3 is 0 Å². The molecule has 2 aliphatic rings. The van der Waals surface area contributed by atoms with Gasteiger partial charge in [-0.15, -0.1) is 0 Å². The zero-order chi connectivity index (χ0) is 10.0. The van der Waals surface area contributed by atoms with Crippen LogP contribution in [-0.4, -0.2) is 37.1 Å². The van der Waals surface area contributed by atoms with E-state index in [9.17, 15) is 0 Å². The molecule has 14 heavy (non-hydrogen) atoms. The third-order valence-corrected chi connectivity index (χ3v) is 3.98. The fourth-order valence-corrected chi connectivity index (χ4v) is 3.07. The summed E-state index contributed by atoms with van der Waals surface area (Å²) in [6, 6.07) is 0.731. The quantitative estimate of drug-likeness (QED) is 0.688. The Labute approximate surface area is 88.1 Å². The van der Waals surface area contributed by atoms with Gasteiger partial charge in [0.15, 0.2) is 0 Å². The van der Waals surface area contributed by atoms with E-state index in [-0.39, 0.29) is 0 Å². The maximum atomic E-state index is 3.58. The lowest BCUT2D eigenvalue weighted by atomic mass is 9.74. The second kappa shape index (κ2) is 4.19. The fraction of sp³-hybridized carbons (Fsp3) is 1.00. The van der Waals surface area contributed by atoms with Crippen molar-refractivity contribution in [3.8, 4) is 0 Å². The van der Waals surface area contributed by atoms with Gasteiger partial charge in [-0.05, 0) is 58.0 Å². The fourth-order valence-electron chi connectivity index (χ4n) is 3.07. The Bertz CT molecular complexity index is 177. The summed E-state index contributed by atoms with van der Waals surface area (Å²) in [7, 11) is 0. The predicted molar refractivity (Wildman–Crippen MR) is 60.5 cm³/mol. The first kappa shape index (κ1) is 10.4. The number of rotatable bonds is 1. The molecular weight excluding hydrogens is 172 g/mol. The van der Waals surface area contributed by atoms with Crippen LogP contribution in [0.15, 0.2) is 0 Å². The Morgan fingerprint density at radius 1 is 1.21 bits per heavy atom. The van der Waals surface area contributed by atoms with Gasteiger partial charge in [-0.1, -0.05) is 0 Å². The van der Waals surface area contributed by atoms with Crippen LogP contribution in [0.5, 0.6) is 0 Å². The van der Waals surface area contributed by atoms with E-state index in [1.807, 2.05) is 0 Å². The minimum Gasteiger partial charge on any atom is -0.316 e. The highest BCUT2D eigenvalue weighted by atomic mass is 15.2. The Kier molecular flexibility index (Phi) is 3.13. The molecule has 82 valence electrons. The molecule has 0 amide bonds. The van der Waals surface area contributed by atoms with Crippen LogP contribution in [0.25, 0.3) is 0 Å². The summed E-state index contributed by atoms with van der Waals surface area (Å²) < 4.78 is 0. The third-order valence-electron chi connectivity index (χ3n) is 3.98. The number of likely N-dealkylation sites (tertiary alicyclic amines) is 1. The van der Waals surface area contributed by atoms with Gasteiger partial charge < -0.3 is 10.2 Å². The lowest BCUT2D eigenvalue weighted by molar-refractivity contribution is 0.0465. The molecule has 2 heterocycles. The number of nitrogens with zero attached hydrogens (tertiary/aromatic N) is 1. The molecule has 2 heteroatoms. The zero-order valence-electron chi connectivity index (χ0n) is 9.68. The summed E-state index contributed by atoms with van der Waals surface area (Å²) >= 11 is 0. The van der Waals surface area contributed by atoms with Crippen LogP contribution < -0.4 is 5.32 Å². The van der Waals surface area contributed by atoms with Gasteiger partial charge in [-0.3, -0.25) is 0 Å². The second-order valence-corrected chi connectivity index (χ2v) is 5.45. The van der Waals surface area contributed by atoms with Crippen molar-refractivity contribution < 1.29 is 0 Å². The molecule has 0 aliphatic carbocycles. The Hall–Kier alpha value is -0.0800. The summed E-state index contributed by atoms with van der Waals surface area (Å²) in [6.45, 7) is 9.81. The molecule has 0 aromatic rings. The molecule has 0 saturated carbocycles. The van der Waals surface area contributed by atoms with E-state index in [2.05, 4.69) is 24.1 Å². The van der Waals surface area contributed by atoms with Crippen LogP contribution >= 0.6 is 0 Å². The Morgan fingerprint density at radius 3 is 2.64 bits per heavy atom. The van der Waals surface area contributed by atoms with Crippen LogP contribution in [0.1, 0.15) is 39.5 Å². The monoisotopic (exact) mass is 196 g/mol. The predicted octanol–water partition coefficient (Wildman–Crippen LogP) is 1.86. The lowest BCUT2D eigenvalue weighted by Crippen LogP contribution is -2.52. The molecule has 1 spiro atoms. The molecule has 2 aliphatic heterocycles. The van der Waals surface area contributed by atoms with E-state index >= 15 is 0 Å². The molecule has 2 rings (SSSR count). The highest BCUT2D eigenvalue weighted by Crippen LogP contribution is 2.36. The van der Waals surface area contributed by atoms with Crippen LogP contribution in [0.3, 0.4) is 0 Å². The zero-order valence-corrected chi connectivity index (χ0v) is 9.68. The number of hydrogen-bond donors (Lipinski definition) is 1. The third kappa shape index (κ3) is 2.12. The second-order valence-electron chi connectivity index (χ2n) is 5.45.